The highest BCUT2D eigenvalue weighted by atomic mass is 16.5. The molecule has 0 atom stereocenters. The van der Waals surface area contributed by atoms with Gasteiger partial charge in [0.25, 0.3) is 0 Å². The maximum atomic E-state index is 10.8. The lowest BCUT2D eigenvalue weighted by Gasteiger charge is -2.16. The lowest BCUT2D eigenvalue weighted by Crippen LogP contribution is -2.10. The molecule has 0 unspecified atom stereocenters. The highest BCUT2D eigenvalue weighted by molar-refractivity contribution is 5.68. The SMILES string of the molecule is Cc1cc(OCC(=O)O)cc(C)c1Cc1cc(C#Cc2ccccc2N)c(O)c(C(C)C)c1. The number of nitrogen functional groups attached to an aromatic ring is 1. The van der Waals surface area contributed by atoms with Gasteiger partial charge in [-0.1, -0.05) is 43.9 Å². The molecule has 170 valence electrons. The Bertz CT molecular complexity index is 1230. The number of phenols is 1. The second kappa shape index (κ2) is 10.1. The van der Waals surface area contributed by atoms with E-state index >= 15 is 0 Å². The van der Waals surface area contributed by atoms with Crippen LogP contribution in [0.3, 0.4) is 0 Å². The fourth-order valence-electron chi connectivity index (χ4n) is 3.77. The molecule has 0 saturated heterocycles. The van der Waals surface area contributed by atoms with Gasteiger partial charge in [0.1, 0.15) is 11.5 Å². The fourth-order valence-corrected chi connectivity index (χ4v) is 3.77. The Labute approximate surface area is 194 Å². The highest BCUT2D eigenvalue weighted by Crippen LogP contribution is 2.32. The van der Waals surface area contributed by atoms with Gasteiger partial charge in [-0.2, -0.15) is 0 Å². The van der Waals surface area contributed by atoms with Crippen molar-refractivity contribution in [1.82, 2.24) is 0 Å². The van der Waals surface area contributed by atoms with Crippen LogP contribution >= 0.6 is 0 Å². The zero-order chi connectivity index (χ0) is 24.1. The number of phenolic OH excluding ortho intramolecular Hbond substituents is 1. The van der Waals surface area contributed by atoms with Crippen LogP contribution in [-0.2, 0) is 11.2 Å². The molecular formula is C28H29NO4. The molecule has 0 aromatic heterocycles. The summed E-state index contributed by atoms with van der Waals surface area (Å²) < 4.78 is 5.34. The smallest absolute Gasteiger partial charge is 0.341 e. The van der Waals surface area contributed by atoms with E-state index in [1.165, 1.54) is 0 Å². The molecule has 0 aliphatic carbocycles. The topological polar surface area (TPSA) is 92.8 Å². The standard InChI is InChI=1S/C28H29NO4/c1-17(2)24-14-20(13-22(28(24)32)10-9-21-7-5-6-8-26(21)29)15-25-18(3)11-23(12-19(25)4)33-16-27(30)31/h5-8,11-14,17,32H,15-16,29H2,1-4H3,(H,30,31). The number of carboxylic acids is 1. The molecule has 0 aliphatic heterocycles. The van der Waals surface area contributed by atoms with Crippen molar-refractivity contribution in [3.8, 4) is 23.3 Å². The molecular weight excluding hydrogens is 414 g/mol. The van der Waals surface area contributed by atoms with Crippen LogP contribution in [-0.4, -0.2) is 22.8 Å². The molecule has 5 heteroatoms. The molecule has 0 spiro atoms. The van der Waals surface area contributed by atoms with Gasteiger partial charge in [0.05, 0.1) is 5.56 Å². The predicted octanol–water partition coefficient (Wildman–Crippen LogP) is 5.17. The minimum absolute atomic E-state index is 0.126. The Morgan fingerprint density at radius 1 is 1.03 bits per heavy atom. The first kappa shape index (κ1) is 23.7. The summed E-state index contributed by atoms with van der Waals surface area (Å²) in [5.74, 6) is 6.03. The van der Waals surface area contributed by atoms with Crippen molar-refractivity contribution in [2.24, 2.45) is 0 Å². The Kier molecular flexibility index (Phi) is 7.30. The summed E-state index contributed by atoms with van der Waals surface area (Å²) in [5, 5.41) is 19.7. The van der Waals surface area contributed by atoms with Crippen LogP contribution in [0.25, 0.3) is 0 Å². The quantitative estimate of drug-likeness (QED) is 0.361. The van der Waals surface area contributed by atoms with Crippen molar-refractivity contribution in [1.29, 1.82) is 0 Å². The number of carboxylic acid groups (broad SMARTS) is 1. The zero-order valence-electron chi connectivity index (χ0n) is 19.4. The molecule has 33 heavy (non-hydrogen) atoms. The van der Waals surface area contributed by atoms with Crippen LogP contribution in [0.2, 0.25) is 0 Å². The molecule has 0 bridgehead atoms. The number of hydrogen-bond acceptors (Lipinski definition) is 4. The third-order valence-corrected chi connectivity index (χ3v) is 5.53. The van der Waals surface area contributed by atoms with Gasteiger partial charge in [0.2, 0.25) is 0 Å². The number of aryl methyl sites for hydroxylation is 2. The first-order valence-corrected chi connectivity index (χ1v) is 10.8. The number of anilines is 1. The lowest BCUT2D eigenvalue weighted by molar-refractivity contribution is -0.139. The molecule has 0 heterocycles. The average Bonchev–Trinajstić information content (AvgIpc) is 2.75. The number of aromatic hydroxyl groups is 1. The van der Waals surface area contributed by atoms with Crippen LogP contribution in [0.4, 0.5) is 5.69 Å². The fraction of sp³-hybridized carbons (Fsp3) is 0.250. The number of aliphatic carboxylic acids is 1. The molecule has 0 radical (unpaired) electrons. The monoisotopic (exact) mass is 443 g/mol. The highest BCUT2D eigenvalue weighted by Gasteiger charge is 2.14. The van der Waals surface area contributed by atoms with Crippen molar-refractivity contribution < 1.29 is 19.7 Å². The minimum Gasteiger partial charge on any atom is -0.506 e. The summed E-state index contributed by atoms with van der Waals surface area (Å²) in [5.41, 5.74) is 12.9. The summed E-state index contributed by atoms with van der Waals surface area (Å²) in [6.45, 7) is 7.67. The molecule has 0 aliphatic rings. The second-order valence-electron chi connectivity index (χ2n) is 8.47. The second-order valence-corrected chi connectivity index (χ2v) is 8.47. The van der Waals surface area contributed by atoms with Crippen LogP contribution in [0.15, 0.2) is 48.5 Å². The number of para-hydroxylation sites is 1. The Hall–Kier alpha value is -3.91. The summed E-state index contributed by atoms with van der Waals surface area (Å²) in [4.78, 5) is 10.8. The summed E-state index contributed by atoms with van der Waals surface area (Å²) in [6.07, 6.45) is 0.652. The zero-order valence-corrected chi connectivity index (χ0v) is 19.4. The lowest BCUT2D eigenvalue weighted by atomic mass is 9.91. The van der Waals surface area contributed by atoms with Gasteiger partial charge in [-0.15, -0.1) is 0 Å². The maximum absolute atomic E-state index is 10.8. The van der Waals surface area contributed by atoms with E-state index in [2.05, 4.69) is 11.8 Å². The van der Waals surface area contributed by atoms with E-state index < -0.39 is 5.97 Å². The van der Waals surface area contributed by atoms with Crippen molar-refractivity contribution in [3.63, 3.8) is 0 Å². The number of ether oxygens (including phenoxy) is 1. The first-order chi connectivity index (χ1) is 15.7. The third kappa shape index (κ3) is 5.87. The largest absolute Gasteiger partial charge is 0.506 e. The number of hydrogen-bond donors (Lipinski definition) is 3. The third-order valence-electron chi connectivity index (χ3n) is 5.53. The van der Waals surface area contributed by atoms with E-state index in [0.29, 0.717) is 23.4 Å². The minimum atomic E-state index is -1.01. The van der Waals surface area contributed by atoms with E-state index in [1.54, 1.807) is 6.07 Å². The van der Waals surface area contributed by atoms with E-state index in [4.69, 9.17) is 15.6 Å². The van der Waals surface area contributed by atoms with E-state index in [9.17, 15) is 9.90 Å². The van der Waals surface area contributed by atoms with Gasteiger partial charge < -0.3 is 20.7 Å². The summed E-state index contributed by atoms with van der Waals surface area (Å²) >= 11 is 0. The van der Waals surface area contributed by atoms with Crippen LogP contribution in [0.1, 0.15) is 58.7 Å². The van der Waals surface area contributed by atoms with Crippen LogP contribution < -0.4 is 10.5 Å². The predicted molar refractivity (Wildman–Crippen MR) is 131 cm³/mol. The van der Waals surface area contributed by atoms with Gasteiger partial charge in [-0.25, -0.2) is 4.79 Å². The molecule has 0 amide bonds. The first-order valence-electron chi connectivity index (χ1n) is 10.8. The molecule has 5 nitrogen and oxygen atoms in total. The number of nitrogens with two attached hydrogens (primary N) is 1. The van der Waals surface area contributed by atoms with Crippen LogP contribution in [0.5, 0.6) is 11.5 Å². The van der Waals surface area contributed by atoms with Crippen molar-refractivity contribution >= 4 is 11.7 Å². The normalized spacial score (nSPS) is 10.6. The van der Waals surface area contributed by atoms with Gasteiger partial charge in [-0.3, -0.25) is 0 Å². The Morgan fingerprint density at radius 2 is 1.67 bits per heavy atom. The molecule has 3 aromatic carbocycles. The molecule has 3 rings (SSSR count). The van der Waals surface area contributed by atoms with Crippen LogP contribution in [0, 0.1) is 25.7 Å². The van der Waals surface area contributed by atoms with Gasteiger partial charge in [0, 0.05) is 11.3 Å². The van der Waals surface area contributed by atoms with E-state index in [-0.39, 0.29) is 18.3 Å². The van der Waals surface area contributed by atoms with Gasteiger partial charge >= 0.3 is 5.97 Å². The molecule has 3 aromatic rings. The Balaban J connectivity index is 1.99. The number of carbonyl (C=O) groups is 1. The van der Waals surface area contributed by atoms with E-state index in [0.717, 1.165) is 33.4 Å². The summed E-state index contributed by atoms with van der Waals surface area (Å²) in [6, 6.07) is 15.0. The summed E-state index contributed by atoms with van der Waals surface area (Å²) in [7, 11) is 0. The average molecular weight is 444 g/mol. The molecule has 0 fully saturated rings. The van der Waals surface area contributed by atoms with Gasteiger partial charge in [-0.05, 0) is 84.3 Å². The number of benzene rings is 3. The van der Waals surface area contributed by atoms with E-state index in [1.807, 2.05) is 70.2 Å². The molecule has 4 N–H and O–H groups in total. The van der Waals surface area contributed by atoms with Crippen molar-refractivity contribution in [2.75, 3.05) is 12.3 Å². The van der Waals surface area contributed by atoms with Crippen molar-refractivity contribution in [2.45, 2.75) is 40.0 Å². The molecule has 0 saturated carbocycles. The number of rotatable bonds is 6. The van der Waals surface area contributed by atoms with Gasteiger partial charge in [0.15, 0.2) is 6.61 Å². The maximum Gasteiger partial charge on any atom is 0.341 e. The Morgan fingerprint density at radius 3 is 2.27 bits per heavy atom. The van der Waals surface area contributed by atoms with Crippen molar-refractivity contribution in [3.05, 3.63) is 87.5 Å².